The van der Waals surface area contributed by atoms with E-state index in [0.29, 0.717) is 0 Å². The SMILES string of the molecule is C[N+]([O-])=C1C2=CC=C1C=C2. The zero-order chi connectivity index (χ0) is 7.14. The summed E-state index contributed by atoms with van der Waals surface area (Å²) in [6, 6.07) is 0. The van der Waals surface area contributed by atoms with Gasteiger partial charge in [-0.3, -0.25) is 0 Å². The van der Waals surface area contributed by atoms with Gasteiger partial charge in [0, 0.05) is 11.1 Å². The molecule has 0 radical (unpaired) electrons. The Hall–Kier alpha value is -1.31. The summed E-state index contributed by atoms with van der Waals surface area (Å²) in [7, 11) is 1.52. The molecule has 2 nitrogen and oxygen atoms in total. The summed E-state index contributed by atoms with van der Waals surface area (Å²) in [4.78, 5) is 0. The van der Waals surface area contributed by atoms with E-state index in [0.717, 1.165) is 21.6 Å². The number of allylic oxidation sites excluding steroid dienone is 6. The second-order valence-electron chi connectivity index (χ2n) is 2.42. The summed E-state index contributed by atoms with van der Waals surface area (Å²) in [5.41, 5.74) is 2.88. The molecule has 0 unspecified atom stereocenters. The zero-order valence-corrected chi connectivity index (χ0v) is 5.66. The van der Waals surface area contributed by atoms with Crippen molar-refractivity contribution in [2.75, 3.05) is 7.05 Å². The van der Waals surface area contributed by atoms with Gasteiger partial charge in [-0.2, -0.15) is 0 Å². The number of hydroxylamine groups is 1. The molecule has 2 aliphatic rings. The van der Waals surface area contributed by atoms with Crippen LogP contribution in [-0.2, 0) is 0 Å². The third-order valence-corrected chi connectivity index (χ3v) is 1.75. The molecule has 0 aromatic carbocycles. The van der Waals surface area contributed by atoms with Crippen molar-refractivity contribution in [2.24, 2.45) is 0 Å². The number of fused-ring (bicyclic) bond motifs is 2. The minimum absolute atomic E-state index is 0.806. The van der Waals surface area contributed by atoms with Gasteiger partial charge in [0.1, 0.15) is 7.05 Å². The smallest absolute Gasteiger partial charge is 0.225 e. The molecule has 50 valence electrons. The van der Waals surface area contributed by atoms with Gasteiger partial charge < -0.3 is 5.21 Å². The van der Waals surface area contributed by atoms with E-state index >= 15 is 0 Å². The van der Waals surface area contributed by atoms with Gasteiger partial charge >= 0.3 is 0 Å². The predicted molar refractivity (Wildman–Crippen MR) is 39.9 cm³/mol. The zero-order valence-electron chi connectivity index (χ0n) is 5.66. The Bertz CT molecular complexity index is 277. The van der Waals surface area contributed by atoms with Gasteiger partial charge in [0.15, 0.2) is 0 Å². The molecule has 2 heteroatoms. The molecule has 0 aliphatic heterocycles. The third kappa shape index (κ3) is 0.506. The summed E-state index contributed by atoms with van der Waals surface area (Å²) < 4.78 is 0.907. The minimum Gasteiger partial charge on any atom is -0.624 e. The molecule has 0 amide bonds. The molecular weight excluding hydrogens is 126 g/mol. The highest BCUT2D eigenvalue weighted by Crippen LogP contribution is 2.24. The van der Waals surface area contributed by atoms with Crippen LogP contribution < -0.4 is 0 Å². The highest BCUT2D eigenvalue weighted by Gasteiger charge is 2.24. The van der Waals surface area contributed by atoms with Crippen LogP contribution in [0.1, 0.15) is 0 Å². The number of rotatable bonds is 0. The maximum Gasteiger partial charge on any atom is 0.225 e. The van der Waals surface area contributed by atoms with Crippen LogP contribution in [0.2, 0.25) is 0 Å². The van der Waals surface area contributed by atoms with E-state index in [4.69, 9.17) is 0 Å². The molecule has 0 heterocycles. The Kier molecular flexibility index (Phi) is 0.873. The topological polar surface area (TPSA) is 26.1 Å². The summed E-state index contributed by atoms with van der Waals surface area (Å²) in [5, 5.41) is 10.9. The second-order valence-corrected chi connectivity index (χ2v) is 2.42. The first kappa shape index (κ1) is 5.47. The Morgan fingerprint density at radius 3 is 1.90 bits per heavy atom. The van der Waals surface area contributed by atoms with Gasteiger partial charge in [0.25, 0.3) is 0 Å². The summed E-state index contributed by atoms with van der Waals surface area (Å²) >= 11 is 0. The normalized spacial score (nSPS) is 19.5. The molecule has 0 fully saturated rings. The van der Waals surface area contributed by atoms with E-state index in [9.17, 15) is 5.21 Å². The lowest BCUT2D eigenvalue weighted by molar-refractivity contribution is -0.421. The fourth-order valence-corrected chi connectivity index (χ4v) is 1.32. The molecule has 0 N–H and O–H groups in total. The van der Waals surface area contributed by atoms with Crippen molar-refractivity contribution < 1.29 is 4.74 Å². The number of hydrogen-bond donors (Lipinski definition) is 0. The molecule has 2 rings (SSSR count). The minimum atomic E-state index is 0.806. The first-order valence-electron chi connectivity index (χ1n) is 3.17. The van der Waals surface area contributed by atoms with Crippen LogP contribution in [0.15, 0.2) is 35.5 Å². The first-order valence-corrected chi connectivity index (χ1v) is 3.17. The van der Waals surface area contributed by atoms with Crippen LogP contribution in [0, 0.1) is 5.21 Å². The predicted octanol–water partition coefficient (Wildman–Crippen LogP) is 1.00. The fraction of sp³-hybridized carbons (Fsp3) is 0.125. The van der Waals surface area contributed by atoms with E-state index in [1.165, 1.54) is 7.05 Å². The molecule has 0 aromatic rings. The van der Waals surface area contributed by atoms with Crippen LogP contribution in [0.3, 0.4) is 0 Å². The molecule has 0 spiro atoms. The maximum atomic E-state index is 10.9. The highest BCUT2D eigenvalue weighted by molar-refractivity contribution is 6.18. The molecule has 0 aromatic heterocycles. The average Bonchev–Trinajstić information content (AvgIpc) is 2.43. The van der Waals surface area contributed by atoms with Crippen molar-refractivity contribution in [3.05, 3.63) is 40.7 Å². The van der Waals surface area contributed by atoms with E-state index in [-0.39, 0.29) is 0 Å². The fourth-order valence-electron chi connectivity index (χ4n) is 1.32. The van der Waals surface area contributed by atoms with Crippen LogP contribution in [0.5, 0.6) is 0 Å². The number of hydrogen-bond acceptors (Lipinski definition) is 1. The van der Waals surface area contributed by atoms with Crippen molar-refractivity contribution >= 4 is 5.71 Å². The average molecular weight is 133 g/mol. The van der Waals surface area contributed by atoms with E-state index in [1.807, 2.05) is 24.3 Å². The quantitative estimate of drug-likeness (QED) is 0.275. The second kappa shape index (κ2) is 1.59. The van der Waals surface area contributed by atoms with Gasteiger partial charge in [-0.15, -0.1) is 0 Å². The molecule has 0 atom stereocenters. The summed E-state index contributed by atoms with van der Waals surface area (Å²) in [5.74, 6) is 0. The Morgan fingerprint density at radius 1 is 1.20 bits per heavy atom. The monoisotopic (exact) mass is 133 g/mol. The van der Waals surface area contributed by atoms with Crippen LogP contribution in [0.4, 0.5) is 0 Å². The lowest BCUT2D eigenvalue weighted by Crippen LogP contribution is -2.09. The Balaban J connectivity index is 2.62. The van der Waals surface area contributed by atoms with Gasteiger partial charge in [0.05, 0.1) is 0 Å². The highest BCUT2D eigenvalue weighted by atomic mass is 16.5. The number of nitrogens with zero attached hydrogens (tertiary/aromatic N) is 1. The molecular formula is C8H7NO. The molecule has 2 aliphatic carbocycles. The largest absolute Gasteiger partial charge is 0.624 e. The van der Waals surface area contributed by atoms with E-state index in [1.54, 1.807) is 0 Å². The summed E-state index contributed by atoms with van der Waals surface area (Å²) in [6.07, 6.45) is 7.83. The van der Waals surface area contributed by atoms with Crippen molar-refractivity contribution in [2.45, 2.75) is 0 Å². The Morgan fingerprint density at radius 2 is 1.70 bits per heavy atom. The van der Waals surface area contributed by atoms with Crippen LogP contribution >= 0.6 is 0 Å². The molecule has 0 saturated heterocycles. The lowest BCUT2D eigenvalue weighted by Gasteiger charge is -1.99. The lowest BCUT2D eigenvalue weighted by atomic mass is 10.2. The van der Waals surface area contributed by atoms with Gasteiger partial charge in [0.2, 0.25) is 5.71 Å². The summed E-state index contributed by atoms with van der Waals surface area (Å²) in [6.45, 7) is 0. The van der Waals surface area contributed by atoms with Crippen molar-refractivity contribution in [3.63, 3.8) is 0 Å². The third-order valence-electron chi connectivity index (χ3n) is 1.75. The van der Waals surface area contributed by atoms with E-state index < -0.39 is 0 Å². The maximum absolute atomic E-state index is 10.9. The van der Waals surface area contributed by atoms with Crippen molar-refractivity contribution in [1.29, 1.82) is 0 Å². The van der Waals surface area contributed by atoms with Gasteiger partial charge in [-0.05, 0) is 24.3 Å². The van der Waals surface area contributed by atoms with Crippen LogP contribution in [0.25, 0.3) is 0 Å². The first-order chi connectivity index (χ1) is 4.79. The molecule has 2 bridgehead atoms. The molecule has 10 heavy (non-hydrogen) atoms. The van der Waals surface area contributed by atoms with Crippen molar-refractivity contribution in [1.82, 2.24) is 0 Å². The standard InChI is InChI=1S/C8H7NO/c1-9(10)8-6-2-3-7(8)5-4-6/h2-5H,1H3. The van der Waals surface area contributed by atoms with Crippen LogP contribution in [-0.4, -0.2) is 17.5 Å². The van der Waals surface area contributed by atoms with Gasteiger partial charge in [-0.25, -0.2) is 4.74 Å². The molecule has 0 saturated carbocycles. The van der Waals surface area contributed by atoms with E-state index in [2.05, 4.69) is 0 Å². The van der Waals surface area contributed by atoms with Crippen molar-refractivity contribution in [3.8, 4) is 0 Å². The van der Waals surface area contributed by atoms with Gasteiger partial charge in [-0.1, -0.05) is 0 Å². The Labute approximate surface area is 59.1 Å².